The van der Waals surface area contributed by atoms with Crippen molar-refractivity contribution in [2.45, 2.75) is 13.0 Å². The van der Waals surface area contributed by atoms with Crippen molar-refractivity contribution in [2.75, 3.05) is 0 Å². The molecule has 0 aliphatic heterocycles. The van der Waals surface area contributed by atoms with E-state index < -0.39 is 12.1 Å². The molecule has 5 nitrogen and oxygen atoms in total. The summed E-state index contributed by atoms with van der Waals surface area (Å²) in [5.74, 6) is -0.288. The summed E-state index contributed by atoms with van der Waals surface area (Å²) in [5.41, 5.74) is 0.974. The number of esters is 1. The first-order valence-electron chi connectivity index (χ1n) is 7.77. The Kier molecular flexibility index (Phi) is 5.40. The minimum atomic E-state index is -0.710. The van der Waals surface area contributed by atoms with E-state index in [1.807, 2.05) is 0 Å². The number of H-pyrrole nitrogens is 1. The molecule has 26 heavy (non-hydrogen) atoms. The fraction of sp³-hybridized carbons (Fsp3) is 0.105. The third-order valence-electron chi connectivity index (χ3n) is 3.66. The van der Waals surface area contributed by atoms with Gasteiger partial charge in [0.25, 0.3) is 5.56 Å². The molecule has 0 radical (unpaired) electrons. The molecule has 0 aliphatic rings. The number of nitrogens with one attached hydrogen (secondary N) is 1. The van der Waals surface area contributed by atoms with E-state index in [9.17, 15) is 9.59 Å². The number of hydrogen-bond donors (Lipinski definition) is 1. The van der Waals surface area contributed by atoms with Gasteiger partial charge in [0.2, 0.25) is 0 Å². The monoisotopic (exact) mass is 388 g/mol. The van der Waals surface area contributed by atoms with Gasteiger partial charge in [-0.2, -0.15) is 0 Å². The number of carbonyl (C=O) groups excluding carboxylic acids is 1. The Morgan fingerprint density at radius 3 is 2.73 bits per heavy atom. The number of benzene rings is 2. The van der Waals surface area contributed by atoms with E-state index in [4.69, 9.17) is 27.9 Å². The third-order valence-corrected chi connectivity index (χ3v) is 4.40. The van der Waals surface area contributed by atoms with E-state index >= 15 is 0 Å². The number of carbonyl (C=O) groups is 1. The smallest absolute Gasteiger partial charge is 0.331 e. The van der Waals surface area contributed by atoms with E-state index in [2.05, 4.69) is 9.97 Å². The second-order valence-electron chi connectivity index (χ2n) is 5.55. The maximum Gasteiger partial charge on any atom is 0.331 e. The van der Waals surface area contributed by atoms with Crippen LogP contribution in [0.3, 0.4) is 0 Å². The molecule has 1 heterocycles. The predicted octanol–water partition coefficient (Wildman–Crippen LogP) is 4.55. The maximum atomic E-state index is 12.1. The quantitative estimate of drug-likeness (QED) is 0.525. The molecule has 0 fully saturated rings. The summed E-state index contributed by atoms with van der Waals surface area (Å²) >= 11 is 11.8. The van der Waals surface area contributed by atoms with Crippen LogP contribution in [0.25, 0.3) is 17.0 Å². The molecule has 3 aromatic rings. The molecular weight excluding hydrogens is 375 g/mol. The fourth-order valence-electron chi connectivity index (χ4n) is 2.35. The van der Waals surface area contributed by atoms with Crippen LogP contribution >= 0.6 is 23.2 Å². The van der Waals surface area contributed by atoms with Gasteiger partial charge in [0.05, 0.1) is 20.9 Å². The summed E-state index contributed by atoms with van der Waals surface area (Å²) < 4.78 is 5.30. The topological polar surface area (TPSA) is 72.0 Å². The summed E-state index contributed by atoms with van der Waals surface area (Å²) in [7, 11) is 0. The number of ether oxygens (including phenoxy) is 1. The Bertz CT molecular complexity index is 1060. The Labute approximate surface area is 159 Å². The Morgan fingerprint density at radius 2 is 1.96 bits per heavy atom. The number of aromatic nitrogens is 2. The van der Waals surface area contributed by atoms with E-state index in [0.29, 0.717) is 26.5 Å². The first-order valence-corrected chi connectivity index (χ1v) is 8.52. The van der Waals surface area contributed by atoms with Crippen LogP contribution in [-0.4, -0.2) is 15.9 Å². The van der Waals surface area contributed by atoms with Crippen LogP contribution in [-0.2, 0) is 9.53 Å². The summed E-state index contributed by atoms with van der Waals surface area (Å²) in [6.07, 6.45) is 2.13. The van der Waals surface area contributed by atoms with Crippen LogP contribution < -0.4 is 5.56 Å². The van der Waals surface area contributed by atoms with E-state index in [-0.39, 0.29) is 11.4 Å². The number of rotatable bonds is 4. The van der Waals surface area contributed by atoms with E-state index in [1.54, 1.807) is 55.5 Å². The molecule has 2 aromatic carbocycles. The fourth-order valence-corrected chi connectivity index (χ4v) is 2.65. The second kappa shape index (κ2) is 7.72. The molecule has 0 bridgehead atoms. The zero-order valence-corrected chi connectivity index (χ0v) is 15.2. The number of halogens is 2. The number of nitrogens with zero attached hydrogens (tertiary/aromatic N) is 1. The van der Waals surface area contributed by atoms with Crippen molar-refractivity contribution in [1.82, 2.24) is 9.97 Å². The Hall–Kier alpha value is -2.63. The van der Waals surface area contributed by atoms with Gasteiger partial charge < -0.3 is 9.72 Å². The van der Waals surface area contributed by atoms with E-state index in [0.717, 1.165) is 0 Å². The normalized spacial score (nSPS) is 12.4. The highest BCUT2D eigenvalue weighted by Crippen LogP contribution is 2.23. The molecule has 0 aliphatic carbocycles. The first kappa shape index (κ1) is 18.2. The number of hydrogen-bond acceptors (Lipinski definition) is 4. The number of para-hydroxylation sites is 1. The summed E-state index contributed by atoms with van der Waals surface area (Å²) in [5, 5.41) is 1.31. The molecule has 132 valence electrons. The largest absolute Gasteiger partial charge is 0.451 e. The predicted molar refractivity (Wildman–Crippen MR) is 102 cm³/mol. The highest BCUT2D eigenvalue weighted by atomic mass is 35.5. The lowest BCUT2D eigenvalue weighted by Gasteiger charge is -2.11. The maximum absolute atomic E-state index is 12.1. The molecule has 7 heteroatoms. The van der Waals surface area contributed by atoms with Gasteiger partial charge in [-0.05, 0) is 42.8 Å². The van der Waals surface area contributed by atoms with Crippen LogP contribution in [0.15, 0.2) is 53.3 Å². The van der Waals surface area contributed by atoms with Gasteiger partial charge in [-0.3, -0.25) is 4.79 Å². The van der Waals surface area contributed by atoms with Crippen LogP contribution in [0.5, 0.6) is 0 Å². The Morgan fingerprint density at radius 1 is 1.19 bits per heavy atom. The molecular formula is C19H14Cl2N2O3. The SMILES string of the molecule is C[C@H](OC(=O)/C=C/c1ccc(Cl)c(Cl)c1)c1nc2ccccc2c(=O)[nH]1. The van der Waals surface area contributed by atoms with Gasteiger partial charge >= 0.3 is 5.97 Å². The molecule has 0 saturated carbocycles. The molecule has 0 amide bonds. The summed E-state index contributed by atoms with van der Waals surface area (Å²) in [4.78, 5) is 31.1. The molecule has 1 atom stereocenters. The van der Waals surface area contributed by atoms with Crippen molar-refractivity contribution in [3.05, 3.63) is 80.3 Å². The van der Waals surface area contributed by atoms with Gasteiger partial charge in [-0.15, -0.1) is 0 Å². The standard InChI is InChI=1S/C19H14Cl2N2O3/c1-11(18-22-16-5-3-2-4-13(16)19(25)23-18)26-17(24)9-7-12-6-8-14(20)15(21)10-12/h2-11H,1H3,(H,22,23,25)/b9-7+/t11-/m0/s1. The van der Waals surface area contributed by atoms with E-state index in [1.165, 1.54) is 6.08 Å². The lowest BCUT2D eigenvalue weighted by molar-refractivity contribution is -0.142. The lowest BCUT2D eigenvalue weighted by Crippen LogP contribution is -2.16. The van der Waals surface area contributed by atoms with Crippen molar-refractivity contribution in [2.24, 2.45) is 0 Å². The van der Waals surface area contributed by atoms with Gasteiger partial charge in [0, 0.05) is 6.08 Å². The van der Waals surface area contributed by atoms with Crippen molar-refractivity contribution in [3.8, 4) is 0 Å². The van der Waals surface area contributed by atoms with Gasteiger partial charge in [-0.1, -0.05) is 41.4 Å². The van der Waals surface area contributed by atoms with Crippen molar-refractivity contribution in [1.29, 1.82) is 0 Å². The number of fused-ring (bicyclic) bond motifs is 1. The van der Waals surface area contributed by atoms with Crippen LogP contribution in [0.2, 0.25) is 10.0 Å². The minimum absolute atomic E-state index is 0.278. The third kappa shape index (κ3) is 4.12. The molecule has 0 unspecified atom stereocenters. The average molecular weight is 389 g/mol. The van der Waals surface area contributed by atoms with Gasteiger partial charge in [0.15, 0.2) is 11.9 Å². The lowest BCUT2D eigenvalue weighted by atomic mass is 10.2. The summed E-state index contributed by atoms with van der Waals surface area (Å²) in [6, 6.07) is 12.0. The molecule has 3 rings (SSSR count). The van der Waals surface area contributed by atoms with Crippen molar-refractivity contribution < 1.29 is 9.53 Å². The molecule has 0 spiro atoms. The second-order valence-corrected chi connectivity index (χ2v) is 6.37. The summed E-state index contributed by atoms with van der Waals surface area (Å²) in [6.45, 7) is 1.64. The highest BCUT2D eigenvalue weighted by Gasteiger charge is 2.14. The zero-order chi connectivity index (χ0) is 18.7. The number of aromatic amines is 1. The van der Waals surface area contributed by atoms with Crippen molar-refractivity contribution >= 4 is 46.2 Å². The molecule has 0 saturated heterocycles. The van der Waals surface area contributed by atoms with Crippen molar-refractivity contribution in [3.63, 3.8) is 0 Å². The van der Waals surface area contributed by atoms with Gasteiger partial charge in [0.1, 0.15) is 0 Å². The zero-order valence-electron chi connectivity index (χ0n) is 13.7. The average Bonchev–Trinajstić information content (AvgIpc) is 2.62. The molecule has 1 aromatic heterocycles. The Balaban J connectivity index is 1.74. The van der Waals surface area contributed by atoms with Crippen LogP contribution in [0, 0.1) is 0 Å². The first-order chi connectivity index (χ1) is 12.4. The van der Waals surface area contributed by atoms with Gasteiger partial charge in [-0.25, -0.2) is 9.78 Å². The highest BCUT2D eigenvalue weighted by molar-refractivity contribution is 6.42. The van der Waals surface area contributed by atoms with Crippen LogP contribution in [0.1, 0.15) is 24.4 Å². The minimum Gasteiger partial charge on any atom is -0.451 e. The molecule has 1 N–H and O–H groups in total. The van der Waals surface area contributed by atoms with Crippen LogP contribution in [0.4, 0.5) is 0 Å².